The molecule has 2 N–H and O–H groups in total. The van der Waals surface area contributed by atoms with Gasteiger partial charge in [-0.3, -0.25) is 4.79 Å². The zero-order chi connectivity index (χ0) is 17.7. The molecular formula is C17H24BClN2O3. The summed E-state index contributed by atoms with van der Waals surface area (Å²) >= 11 is 6.42. The Balaban J connectivity index is 1.80. The minimum absolute atomic E-state index is 0.0367. The highest BCUT2D eigenvalue weighted by Gasteiger charge is 2.52. The maximum Gasteiger partial charge on any atom is 0.496 e. The molecule has 1 amide bonds. The molecule has 1 unspecified atom stereocenters. The molecule has 1 aromatic rings. The van der Waals surface area contributed by atoms with Crippen LogP contribution in [0.3, 0.4) is 0 Å². The van der Waals surface area contributed by atoms with Crippen LogP contribution in [0.1, 0.15) is 44.5 Å². The van der Waals surface area contributed by atoms with E-state index in [-0.39, 0.29) is 11.9 Å². The topological polar surface area (TPSA) is 64.8 Å². The monoisotopic (exact) mass is 350 g/mol. The Labute approximate surface area is 148 Å². The van der Waals surface area contributed by atoms with Crippen LogP contribution < -0.4 is 11.2 Å². The van der Waals surface area contributed by atoms with Crippen LogP contribution in [0.25, 0.3) is 0 Å². The van der Waals surface area contributed by atoms with Gasteiger partial charge in [-0.05, 0) is 46.2 Å². The van der Waals surface area contributed by atoms with Crippen molar-refractivity contribution >= 4 is 30.1 Å². The van der Waals surface area contributed by atoms with Gasteiger partial charge < -0.3 is 19.9 Å². The van der Waals surface area contributed by atoms with Gasteiger partial charge in [0.15, 0.2) is 0 Å². The van der Waals surface area contributed by atoms with Crippen molar-refractivity contribution in [3.8, 4) is 0 Å². The number of likely N-dealkylation sites (tertiary alicyclic amines) is 1. The fourth-order valence-electron chi connectivity index (χ4n) is 2.98. The molecule has 130 valence electrons. The van der Waals surface area contributed by atoms with Gasteiger partial charge in [0, 0.05) is 35.2 Å². The Kier molecular flexibility index (Phi) is 4.45. The molecule has 1 atom stereocenters. The van der Waals surface area contributed by atoms with Crippen molar-refractivity contribution in [1.82, 2.24) is 4.90 Å². The third-order valence-corrected chi connectivity index (χ3v) is 5.59. The van der Waals surface area contributed by atoms with Crippen LogP contribution in [0, 0.1) is 0 Å². The molecule has 0 bridgehead atoms. The van der Waals surface area contributed by atoms with E-state index in [2.05, 4.69) is 0 Å². The fourth-order valence-corrected chi connectivity index (χ4v) is 3.25. The quantitative estimate of drug-likeness (QED) is 0.826. The zero-order valence-electron chi connectivity index (χ0n) is 14.6. The first-order valence-corrected chi connectivity index (χ1v) is 8.68. The number of benzene rings is 1. The van der Waals surface area contributed by atoms with Crippen molar-refractivity contribution < 1.29 is 14.1 Å². The Morgan fingerprint density at radius 3 is 2.42 bits per heavy atom. The number of carbonyl (C=O) groups excluding carboxylic acids is 1. The number of rotatable bonds is 2. The summed E-state index contributed by atoms with van der Waals surface area (Å²) in [7, 11) is -0.535. The lowest BCUT2D eigenvalue weighted by Gasteiger charge is -2.32. The highest BCUT2D eigenvalue weighted by molar-refractivity contribution is 6.65. The van der Waals surface area contributed by atoms with Gasteiger partial charge in [0.25, 0.3) is 5.91 Å². The second kappa shape index (κ2) is 6.02. The lowest BCUT2D eigenvalue weighted by atomic mass is 9.78. The van der Waals surface area contributed by atoms with Crippen LogP contribution in [0.15, 0.2) is 18.2 Å². The average Bonchev–Trinajstić information content (AvgIpc) is 2.99. The molecule has 2 saturated heterocycles. The van der Waals surface area contributed by atoms with Gasteiger partial charge in [0.1, 0.15) is 0 Å². The third-order valence-electron chi connectivity index (χ3n) is 5.27. The number of amides is 1. The first-order chi connectivity index (χ1) is 11.1. The van der Waals surface area contributed by atoms with Gasteiger partial charge in [-0.25, -0.2) is 0 Å². The van der Waals surface area contributed by atoms with Gasteiger partial charge in [-0.2, -0.15) is 0 Å². The lowest BCUT2D eigenvalue weighted by molar-refractivity contribution is 0.00578. The highest BCUT2D eigenvalue weighted by Crippen LogP contribution is 2.37. The molecule has 5 nitrogen and oxygen atoms in total. The molecule has 0 saturated carbocycles. The molecule has 2 aliphatic rings. The number of hydrogen-bond acceptors (Lipinski definition) is 4. The molecule has 2 aliphatic heterocycles. The van der Waals surface area contributed by atoms with E-state index in [1.165, 1.54) is 0 Å². The molecule has 3 rings (SSSR count). The predicted octanol–water partition coefficient (Wildman–Crippen LogP) is 1.81. The Bertz CT molecular complexity index is 649. The van der Waals surface area contributed by atoms with E-state index < -0.39 is 18.3 Å². The highest BCUT2D eigenvalue weighted by atomic mass is 35.5. The van der Waals surface area contributed by atoms with Crippen molar-refractivity contribution in [2.24, 2.45) is 5.73 Å². The molecule has 0 aliphatic carbocycles. The maximum atomic E-state index is 12.5. The largest absolute Gasteiger partial charge is 0.496 e. The standard InChI is InChI=1S/C17H24BClN2O3/c1-16(2)17(3,4)24-18(23-16)13-6-5-11(9-14(13)19)15(22)21-8-7-12(20)10-21/h5-6,9,12H,7-8,10,20H2,1-4H3. The summed E-state index contributed by atoms with van der Waals surface area (Å²) in [5.41, 5.74) is 6.32. The van der Waals surface area contributed by atoms with Gasteiger partial charge in [0.05, 0.1) is 11.2 Å². The molecule has 2 heterocycles. The van der Waals surface area contributed by atoms with Crippen LogP contribution >= 0.6 is 11.6 Å². The Morgan fingerprint density at radius 1 is 1.29 bits per heavy atom. The van der Waals surface area contributed by atoms with E-state index in [4.69, 9.17) is 26.6 Å². The number of hydrogen-bond donors (Lipinski definition) is 1. The van der Waals surface area contributed by atoms with E-state index in [1.807, 2.05) is 33.8 Å². The maximum absolute atomic E-state index is 12.5. The Morgan fingerprint density at radius 2 is 1.92 bits per heavy atom. The normalized spacial score (nSPS) is 25.3. The molecular weight excluding hydrogens is 326 g/mol. The first-order valence-electron chi connectivity index (χ1n) is 8.31. The van der Waals surface area contributed by atoms with Crippen LogP contribution in [-0.2, 0) is 9.31 Å². The first kappa shape index (κ1) is 17.7. The van der Waals surface area contributed by atoms with Gasteiger partial charge in [-0.1, -0.05) is 17.7 Å². The smallest absolute Gasteiger partial charge is 0.399 e. The van der Waals surface area contributed by atoms with E-state index in [0.29, 0.717) is 23.7 Å². The number of nitrogens with zero attached hydrogens (tertiary/aromatic N) is 1. The summed E-state index contributed by atoms with van der Waals surface area (Å²) in [4.78, 5) is 14.3. The van der Waals surface area contributed by atoms with E-state index >= 15 is 0 Å². The van der Waals surface area contributed by atoms with Gasteiger partial charge in [0.2, 0.25) is 0 Å². The van der Waals surface area contributed by atoms with Crippen molar-refractivity contribution in [3.05, 3.63) is 28.8 Å². The summed E-state index contributed by atoms with van der Waals surface area (Å²) in [5, 5.41) is 0.475. The zero-order valence-corrected chi connectivity index (χ0v) is 15.4. The Hall–Kier alpha value is -1.08. The second-order valence-electron chi connectivity index (χ2n) is 7.62. The van der Waals surface area contributed by atoms with Crippen LogP contribution in [0.5, 0.6) is 0 Å². The fraction of sp³-hybridized carbons (Fsp3) is 0.588. The second-order valence-corrected chi connectivity index (χ2v) is 8.03. The van der Waals surface area contributed by atoms with Crippen molar-refractivity contribution in [2.75, 3.05) is 13.1 Å². The molecule has 1 aromatic carbocycles. The minimum atomic E-state index is -0.535. The van der Waals surface area contributed by atoms with Gasteiger partial charge >= 0.3 is 7.12 Å². The van der Waals surface area contributed by atoms with E-state index in [9.17, 15) is 4.79 Å². The van der Waals surface area contributed by atoms with Crippen molar-refractivity contribution in [2.45, 2.75) is 51.4 Å². The number of carbonyl (C=O) groups is 1. The molecule has 0 aromatic heterocycles. The van der Waals surface area contributed by atoms with Crippen molar-refractivity contribution in [1.29, 1.82) is 0 Å². The summed E-state index contributed by atoms with van der Waals surface area (Å²) in [6.45, 7) is 9.27. The summed E-state index contributed by atoms with van der Waals surface area (Å²) < 4.78 is 12.1. The molecule has 7 heteroatoms. The van der Waals surface area contributed by atoms with Crippen LogP contribution in [-0.4, -0.2) is 48.3 Å². The lowest BCUT2D eigenvalue weighted by Crippen LogP contribution is -2.41. The van der Waals surface area contributed by atoms with Gasteiger partial charge in [-0.15, -0.1) is 0 Å². The van der Waals surface area contributed by atoms with Crippen LogP contribution in [0.2, 0.25) is 5.02 Å². The summed E-state index contributed by atoms with van der Waals surface area (Å²) in [5.74, 6) is -0.0367. The predicted molar refractivity (Wildman–Crippen MR) is 95.7 cm³/mol. The molecule has 24 heavy (non-hydrogen) atoms. The SMILES string of the molecule is CC1(C)OB(c2ccc(C(=O)N3CCC(N)C3)cc2Cl)OC1(C)C. The number of halogens is 1. The van der Waals surface area contributed by atoms with E-state index in [1.54, 1.807) is 17.0 Å². The summed E-state index contributed by atoms with van der Waals surface area (Å²) in [6.07, 6.45) is 0.839. The molecule has 0 spiro atoms. The van der Waals surface area contributed by atoms with E-state index in [0.717, 1.165) is 11.9 Å². The molecule has 2 fully saturated rings. The minimum Gasteiger partial charge on any atom is -0.399 e. The number of nitrogens with two attached hydrogens (primary N) is 1. The average molecular weight is 351 g/mol. The summed E-state index contributed by atoms with van der Waals surface area (Å²) in [6, 6.07) is 5.34. The van der Waals surface area contributed by atoms with Crippen LogP contribution in [0.4, 0.5) is 0 Å². The molecule has 0 radical (unpaired) electrons. The van der Waals surface area contributed by atoms with Crippen molar-refractivity contribution in [3.63, 3.8) is 0 Å². The third kappa shape index (κ3) is 3.08.